The highest BCUT2D eigenvalue weighted by molar-refractivity contribution is 6.44. The molecular formula is C15H18Cl3O2. The summed E-state index contributed by atoms with van der Waals surface area (Å²) in [5.74, 6) is -0.546. The van der Waals surface area contributed by atoms with E-state index in [1.165, 1.54) is 6.07 Å². The van der Waals surface area contributed by atoms with Crippen LogP contribution in [0.15, 0.2) is 6.07 Å². The Hall–Kier alpha value is -0.440. The van der Waals surface area contributed by atoms with Gasteiger partial charge in [0.25, 0.3) is 0 Å². The van der Waals surface area contributed by atoms with Gasteiger partial charge in [-0.1, -0.05) is 55.6 Å². The molecule has 0 spiro atoms. The van der Waals surface area contributed by atoms with Crippen LogP contribution in [0, 0.1) is 11.5 Å². The molecule has 0 saturated heterocycles. The molecule has 0 saturated carbocycles. The van der Waals surface area contributed by atoms with Crippen molar-refractivity contribution in [2.45, 2.75) is 40.0 Å². The van der Waals surface area contributed by atoms with Gasteiger partial charge in [-0.05, 0) is 30.7 Å². The summed E-state index contributed by atoms with van der Waals surface area (Å²) in [6.45, 7) is 6.90. The van der Waals surface area contributed by atoms with E-state index in [0.29, 0.717) is 12.0 Å². The Kier molecular flexibility index (Phi) is 6.63. The second-order valence-electron chi connectivity index (χ2n) is 5.81. The fraction of sp³-hybridized carbons (Fsp3) is 0.533. The van der Waals surface area contributed by atoms with E-state index in [-0.39, 0.29) is 20.6 Å². The second-order valence-corrected chi connectivity index (χ2v) is 7.00. The van der Waals surface area contributed by atoms with E-state index >= 15 is 0 Å². The van der Waals surface area contributed by atoms with Crippen LogP contribution in [0.3, 0.4) is 0 Å². The fourth-order valence-electron chi connectivity index (χ4n) is 1.64. The highest BCUT2D eigenvalue weighted by Crippen LogP contribution is 2.29. The van der Waals surface area contributed by atoms with Crippen LogP contribution in [-0.4, -0.2) is 12.6 Å². The van der Waals surface area contributed by atoms with Gasteiger partial charge in [0, 0.05) is 6.07 Å². The van der Waals surface area contributed by atoms with Crippen LogP contribution in [0.25, 0.3) is 0 Å². The topological polar surface area (TPSA) is 26.3 Å². The number of unbranched alkanes of at least 4 members (excludes halogenated alkanes) is 1. The Bertz CT molecular complexity index is 479. The highest BCUT2D eigenvalue weighted by atomic mass is 35.5. The van der Waals surface area contributed by atoms with Crippen molar-refractivity contribution in [3.8, 4) is 0 Å². The van der Waals surface area contributed by atoms with Gasteiger partial charge in [0.05, 0.1) is 27.2 Å². The van der Waals surface area contributed by atoms with Crippen molar-refractivity contribution in [1.29, 1.82) is 0 Å². The van der Waals surface area contributed by atoms with Gasteiger partial charge >= 0.3 is 5.97 Å². The number of carbonyl (C=O) groups is 1. The van der Waals surface area contributed by atoms with Crippen molar-refractivity contribution in [2.24, 2.45) is 5.41 Å². The SMILES string of the molecule is CC(C)(C)CCCCOC(=O)c1[c]c(Cl)cc(Cl)c1Cl. The summed E-state index contributed by atoms with van der Waals surface area (Å²) in [5.41, 5.74) is 0.377. The van der Waals surface area contributed by atoms with E-state index in [9.17, 15) is 4.79 Å². The molecule has 0 N–H and O–H groups in total. The van der Waals surface area contributed by atoms with Gasteiger partial charge in [0.1, 0.15) is 0 Å². The molecular weight excluding hydrogens is 319 g/mol. The molecule has 0 bridgehead atoms. The molecule has 0 aliphatic rings. The standard InChI is InChI=1S/C15H18Cl3O2/c1-15(2,3)6-4-5-7-20-14(19)11-8-10(16)9-12(17)13(11)18/h9H,4-7H2,1-3H3. The Balaban J connectivity index is 2.48. The zero-order valence-electron chi connectivity index (χ0n) is 11.9. The van der Waals surface area contributed by atoms with E-state index in [1.807, 2.05) is 0 Å². The molecule has 0 atom stereocenters. The number of rotatable bonds is 5. The molecule has 0 heterocycles. The number of hydrogen-bond acceptors (Lipinski definition) is 2. The van der Waals surface area contributed by atoms with Crippen molar-refractivity contribution in [3.05, 3.63) is 32.8 Å². The lowest BCUT2D eigenvalue weighted by molar-refractivity contribution is 0.0495. The first-order valence-electron chi connectivity index (χ1n) is 6.44. The van der Waals surface area contributed by atoms with E-state index in [0.717, 1.165) is 19.3 Å². The largest absolute Gasteiger partial charge is 0.462 e. The molecule has 0 aromatic heterocycles. The fourth-order valence-corrected chi connectivity index (χ4v) is 2.28. The molecule has 0 unspecified atom stereocenters. The number of halogens is 3. The van der Waals surface area contributed by atoms with Crippen LogP contribution >= 0.6 is 34.8 Å². The van der Waals surface area contributed by atoms with Crippen LogP contribution in [0.1, 0.15) is 50.4 Å². The predicted octanol–water partition coefficient (Wildman–Crippen LogP) is 5.82. The van der Waals surface area contributed by atoms with Gasteiger partial charge in [-0.15, -0.1) is 0 Å². The smallest absolute Gasteiger partial charge is 0.340 e. The molecule has 1 rings (SSSR count). The van der Waals surface area contributed by atoms with Crippen molar-refractivity contribution < 1.29 is 9.53 Å². The number of ether oxygens (including phenoxy) is 1. The monoisotopic (exact) mass is 335 g/mol. The van der Waals surface area contributed by atoms with Crippen LogP contribution in [0.5, 0.6) is 0 Å². The van der Waals surface area contributed by atoms with Crippen molar-refractivity contribution >= 4 is 40.8 Å². The van der Waals surface area contributed by atoms with Crippen LogP contribution in [0.2, 0.25) is 15.1 Å². The Morgan fingerprint density at radius 3 is 2.50 bits per heavy atom. The van der Waals surface area contributed by atoms with E-state index < -0.39 is 5.97 Å². The molecule has 2 nitrogen and oxygen atoms in total. The number of benzene rings is 1. The normalized spacial score (nSPS) is 11.5. The average molecular weight is 337 g/mol. The summed E-state index contributed by atoms with van der Waals surface area (Å²) in [6, 6.07) is 4.09. The molecule has 0 amide bonds. The third-order valence-electron chi connectivity index (χ3n) is 2.69. The zero-order valence-corrected chi connectivity index (χ0v) is 14.1. The maximum atomic E-state index is 11.9. The minimum Gasteiger partial charge on any atom is -0.462 e. The quantitative estimate of drug-likeness (QED) is 0.385. The maximum Gasteiger partial charge on any atom is 0.340 e. The van der Waals surface area contributed by atoms with Crippen molar-refractivity contribution in [3.63, 3.8) is 0 Å². The van der Waals surface area contributed by atoms with Crippen LogP contribution in [-0.2, 0) is 4.74 Å². The van der Waals surface area contributed by atoms with Gasteiger partial charge < -0.3 is 4.74 Å². The average Bonchev–Trinajstić information content (AvgIpc) is 2.31. The molecule has 0 fully saturated rings. The van der Waals surface area contributed by atoms with Crippen LogP contribution < -0.4 is 0 Å². The highest BCUT2D eigenvalue weighted by Gasteiger charge is 2.16. The summed E-state index contributed by atoms with van der Waals surface area (Å²) < 4.78 is 5.16. The lowest BCUT2D eigenvalue weighted by Crippen LogP contribution is -2.09. The van der Waals surface area contributed by atoms with Crippen LogP contribution in [0.4, 0.5) is 0 Å². The minimum atomic E-state index is -0.546. The first-order valence-corrected chi connectivity index (χ1v) is 7.58. The summed E-state index contributed by atoms with van der Waals surface area (Å²) in [6.07, 6.45) is 2.90. The molecule has 1 radical (unpaired) electrons. The van der Waals surface area contributed by atoms with E-state index in [2.05, 4.69) is 26.8 Å². The molecule has 0 aliphatic carbocycles. The first kappa shape index (κ1) is 17.6. The van der Waals surface area contributed by atoms with Gasteiger partial charge in [-0.2, -0.15) is 0 Å². The predicted molar refractivity (Wildman–Crippen MR) is 83.9 cm³/mol. The Labute approximate surface area is 135 Å². The molecule has 5 heteroatoms. The number of esters is 1. The third-order valence-corrected chi connectivity index (χ3v) is 3.68. The third kappa shape index (κ3) is 5.90. The van der Waals surface area contributed by atoms with Gasteiger partial charge in [-0.3, -0.25) is 0 Å². The lowest BCUT2D eigenvalue weighted by Gasteiger charge is -2.17. The zero-order chi connectivity index (χ0) is 15.3. The Morgan fingerprint density at radius 1 is 1.25 bits per heavy atom. The molecule has 111 valence electrons. The maximum absolute atomic E-state index is 11.9. The lowest BCUT2D eigenvalue weighted by atomic mass is 9.90. The second kappa shape index (κ2) is 7.53. The van der Waals surface area contributed by atoms with E-state index in [4.69, 9.17) is 39.5 Å². The van der Waals surface area contributed by atoms with Gasteiger partial charge in [0.2, 0.25) is 0 Å². The number of hydrogen-bond donors (Lipinski definition) is 0. The molecule has 1 aromatic rings. The summed E-state index contributed by atoms with van der Waals surface area (Å²) in [4.78, 5) is 11.9. The molecule has 0 aliphatic heterocycles. The van der Waals surface area contributed by atoms with Gasteiger partial charge in [0.15, 0.2) is 0 Å². The minimum absolute atomic E-state index is 0.0833. The van der Waals surface area contributed by atoms with Gasteiger partial charge in [-0.25, -0.2) is 4.79 Å². The first-order chi connectivity index (χ1) is 9.20. The van der Waals surface area contributed by atoms with Crippen molar-refractivity contribution in [1.82, 2.24) is 0 Å². The molecule has 20 heavy (non-hydrogen) atoms. The van der Waals surface area contributed by atoms with Crippen molar-refractivity contribution in [2.75, 3.05) is 6.61 Å². The molecule has 1 aromatic carbocycles. The summed E-state index contributed by atoms with van der Waals surface area (Å²) in [7, 11) is 0. The number of carbonyl (C=O) groups excluding carboxylic acids is 1. The van der Waals surface area contributed by atoms with E-state index in [1.54, 1.807) is 0 Å². The summed E-state index contributed by atoms with van der Waals surface area (Å²) in [5, 5.41) is 0.574. The Morgan fingerprint density at radius 2 is 1.90 bits per heavy atom. The summed E-state index contributed by atoms with van der Waals surface area (Å²) >= 11 is 17.6.